The third-order valence-corrected chi connectivity index (χ3v) is 1.32. The zero-order valence-corrected chi connectivity index (χ0v) is 6.71. The van der Waals surface area contributed by atoms with Crippen LogP contribution in [0.3, 0.4) is 0 Å². The van der Waals surface area contributed by atoms with Crippen molar-refractivity contribution in [3.05, 3.63) is 0 Å². The van der Waals surface area contributed by atoms with Crippen molar-refractivity contribution in [1.82, 2.24) is 5.32 Å². The van der Waals surface area contributed by atoms with E-state index in [2.05, 4.69) is 5.32 Å². The maximum absolute atomic E-state index is 10.2. The van der Waals surface area contributed by atoms with Crippen molar-refractivity contribution < 1.29 is 9.90 Å². The summed E-state index contributed by atoms with van der Waals surface area (Å²) >= 11 is 0. The van der Waals surface area contributed by atoms with Crippen LogP contribution >= 0.6 is 0 Å². The first kappa shape index (κ1) is 21.3. The van der Waals surface area contributed by atoms with Gasteiger partial charge in [0, 0.05) is 6.54 Å². The van der Waals surface area contributed by atoms with Gasteiger partial charge in [-0.15, -0.1) is 0 Å². The quantitative estimate of drug-likeness (QED) is 0.159. The summed E-state index contributed by atoms with van der Waals surface area (Å²) in [4.78, 5) is 10.2. The molecule has 0 bridgehead atoms. The summed E-state index contributed by atoms with van der Waals surface area (Å²) < 4.78 is 0. The van der Waals surface area contributed by atoms with E-state index in [-0.39, 0.29) is 109 Å². The second-order valence-corrected chi connectivity index (χ2v) is 2.43. The van der Waals surface area contributed by atoms with Crippen LogP contribution in [0.5, 0.6) is 0 Å². The number of carboxylic acid groups (broad SMARTS) is 1. The van der Waals surface area contributed by atoms with Crippen LogP contribution in [0.15, 0.2) is 0 Å². The van der Waals surface area contributed by atoms with Crippen LogP contribution in [0, 0.1) is 5.41 Å². The van der Waals surface area contributed by atoms with E-state index >= 15 is 0 Å². The Kier molecular flexibility index (Phi) is 19.8. The van der Waals surface area contributed by atoms with Gasteiger partial charge in [-0.3, -0.25) is 10.2 Å². The van der Waals surface area contributed by atoms with E-state index in [1.54, 1.807) is 0 Å². The molecule has 0 radical (unpaired) electrons. The molecule has 0 heterocycles. The normalized spacial score (nSPS) is 10.4. The Morgan fingerprint density at radius 2 is 2.00 bits per heavy atom. The summed E-state index contributed by atoms with van der Waals surface area (Å²) in [6, 6.07) is -0.821. The number of carbonyl (C=O) groups is 1. The molecule has 74 valence electrons. The van der Waals surface area contributed by atoms with Crippen molar-refractivity contribution in [2.45, 2.75) is 18.9 Å². The molecule has 0 aliphatic heterocycles. The van der Waals surface area contributed by atoms with E-state index in [4.69, 9.17) is 22.0 Å². The summed E-state index contributed by atoms with van der Waals surface area (Å²) in [6.07, 6.45) is 0.975. The monoisotopic (exact) mass is 254 g/mol. The fourth-order valence-electron chi connectivity index (χ4n) is 0.669. The van der Waals surface area contributed by atoms with Gasteiger partial charge in [0.1, 0.15) is 6.04 Å². The van der Waals surface area contributed by atoms with Crippen molar-refractivity contribution in [1.29, 1.82) is 5.41 Å². The van der Waals surface area contributed by atoms with Gasteiger partial charge in [0.05, 0.1) is 0 Å². The van der Waals surface area contributed by atoms with E-state index in [1.165, 1.54) is 0 Å². The van der Waals surface area contributed by atoms with Crippen LogP contribution < -0.4 is 16.8 Å². The third-order valence-electron chi connectivity index (χ3n) is 1.32. The molecule has 0 saturated carbocycles. The first-order valence-electron chi connectivity index (χ1n) is 3.60. The molecule has 8 heteroatoms. The van der Waals surface area contributed by atoms with E-state index in [1.807, 2.05) is 0 Å². The summed E-state index contributed by atoms with van der Waals surface area (Å²) in [7, 11) is 0. The molecule has 0 aromatic rings. The zero-order valence-electron chi connectivity index (χ0n) is 6.71. The zero-order chi connectivity index (χ0) is 9.56. The van der Waals surface area contributed by atoms with Crippen molar-refractivity contribution in [2.75, 3.05) is 6.54 Å². The molecule has 14 heavy (non-hydrogen) atoms. The number of rotatable bonds is 5. The minimum absolute atomic E-state index is 0. The minimum atomic E-state index is -1.00. The molecule has 1 unspecified atom stereocenters. The number of guanidine groups is 1. The molecule has 0 saturated heterocycles. The molecule has 0 aliphatic carbocycles. The second kappa shape index (κ2) is 13.0. The van der Waals surface area contributed by atoms with E-state index < -0.39 is 12.0 Å². The first-order chi connectivity index (χ1) is 5.54. The predicted molar refractivity (Wildman–Crippen MR) is 59.1 cm³/mol. The van der Waals surface area contributed by atoms with Gasteiger partial charge in [-0.05, 0) is 12.8 Å². The number of aliphatic carboxylic acids is 1. The number of carboxylic acids is 1. The molecule has 0 spiro atoms. The summed E-state index contributed by atoms with van der Waals surface area (Å²) in [5, 5.41) is 17.7. The molecule has 7 N–H and O–H groups in total. The van der Waals surface area contributed by atoms with Crippen LogP contribution in [0.4, 0.5) is 0 Å². The molecule has 0 aromatic carbocycles. The number of nitrogens with one attached hydrogen (secondary N) is 2. The van der Waals surface area contributed by atoms with E-state index in [9.17, 15) is 4.79 Å². The van der Waals surface area contributed by atoms with Gasteiger partial charge in [-0.2, -0.15) is 0 Å². The summed E-state index contributed by atoms with van der Waals surface area (Å²) in [5.41, 5.74) is 10.2. The second-order valence-electron chi connectivity index (χ2n) is 2.43. The molecule has 0 aliphatic rings. The Bertz CT molecular complexity index is 179. The van der Waals surface area contributed by atoms with Crippen molar-refractivity contribution >= 4 is 115 Å². The van der Waals surface area contributed by atoms with Gasteiger partial charge in [-0.1, -0.05) is 0 Å². The van der Waals surface area contributed by atoms with Crippen molar-refractivity contribution in [3.8, 4) is 0 Å². The van der Waals surface area contributed by atoms with Crippen LogP contribution in [-0.2, 0) is 4.79 Å². The van der Waals surface area contributed by atoms with Gasteiger partial charge >= 0.3 is 109 Å². The van der Waals surface area contributed by atoms with E-state index in [0.717, 1.165) is 0 Å². The number of hydrogen-bond acceptors (Lipinski definition) is 3. The van der Waals surface area contributed by atoms with Gasteiger partial charge in [-0.25, -0.2) is 0 Å². The average molecular weight is 254 g/mol. The van der Waals surface area contributed by atoms with Crippen molar-refractivity contribution in [3.63, 3.8) is 0 Å². The molecule has 0 rings (SSSR count). The fourth-order valence-corrected chi connectivity index (χ4v) is 0.669. The summed E-state index contributed by atoms with van der Waals surface area (Å²) in [5.74, 6) is -1.11. The predicted octanol–water partition coefficient (Wildman–Crippen LogP) is -2.64. The Labute approximate surface area is 168 Å². The average Bonchev–Trinajstić information content (AvgIpc) is 1.97. The Morgan fingerprint density at radius 1 is 1.50 bits per heavy atom. The van der Waals surface area contributed by atoms with Gasteiger partial charge < -0.3 is 21.9 Å². The van der Waals surface area contributed by atoms with Crippen LogP contribution in [-0.4, -0.2) is 132 Å². The third kappa shape index (κ3) is 14.0. The van der Waals surface area contributed by atoms with Crippen LogP contribution in [0.25, 0.3) is 0 Å². The molecule has 0 fully saturated rings. The van der Waals surface area contributed by atoms with Gasteiger partial charge in [0.15, 0.2) is 5.96 Å². The van der Waals surface area contributed by atoms with E-state index in [0.29, 0.717) is 19.4 Å². The summed E-state index contributed by atoms with van der Waals surface area (Å²) in [6.45, 7) is 0.482. The molecule has 0 amide bonds. The molecular weight excluding hydrogens is 238 g/mol. The number of hydrogen-bond donors (Lipinski definition) is 5. The van der Waals surface area contributed by atoms with Crippen molar-refractivity contribution in [2.24, 2.45) is 11.5 Å². The Balaban J connectivity index is -0.000000605. The maximum atomic E-state index is 10.2. The molecular formula is C6H16K2N4O2. The fraction of sp³-hybridized carbons (Fsp3) is 0.667. The topological polar surface area (TPSA) is 125 Å². The number of nitrogens with two attached hydrogens (primary N) is 2. The Morgan fingerprint density at radius 3 is 2.36 bits per heavy atom. The van der Waals surface area contributed by atoms with Gasteiger partial charge in [0.2, 0.25) is 0 Å². The van der Waals surface area contributed by atoms with Crippen LogP contribution in [0.2, 0.25) is 0 Å². The standard InChI is InChI=1S/C6H14N4O2.2K.2H/c7-4(5(11)12)2-1-3-10-6(8)9;;;;/h4H,1-3,7H2,(H,11,12)(H4,8,9,10);;;;. The first-order valence-corrected chi connectivity index (χ1v) is 3.60. The van der Waals surface area contributed by atoms with Crippen LogP contribution in [0.1, 0.15) is 12.8 Å². The van der Waals surface area contributed by atoms with Gasteiger partial charge in [0.25, 0.3) is 0 Å². The SMILES string of the molecule is N=C(N)NCCCC(N)C(=O)O.[KH].[KH]. The Hall–Kier alpha value is 1.97. The molecule has 1 atom stereocenters. The molecule has 6 nitrogen and oxygen atoms in total. The molecule has 0 aromatic heterocycles.